The van der Waals surface area contributed by atoms with Gasteiger partial charge in [0.1, 0.15) is 12.7 Å². The molecule has 1 aromatic carbocycles. The summed E-state index contributed by atoms with van der Waals surface area (Å²) in [4.78, 5) is 46.6. The van der Waals surface area contributed by atoms with Gasteiger partial charge in [-0.3, -0.25) is 9.59 Å². The number of hydrogen-bond donors (Lipinski definition) is 3. The van der Waals surface area contributed by atoms with E-state index in [1.54, 1.807) is 6.07 Å². The van der Waals surface area contributed by atoms with Crippen LogP contribution in [0.25, 0.3) is 0 Å². The van der Waals surface area contributed by atoms with Crippen molar-refractivity contribution >= 4 is 97.1 Å². The van der Waals surface area contributed by atoms with Crippen LogP contribution in [0.15, 0.2) is 6.07 Å². The Balaban J connectivity index is 2.15. The molecule has 2 rings (SSSR count). The molecule has 3 N–H and O–H groups in total. The highest BCUT2D eigenvalue weighted by molar-refractivity contribution is 14.1. The molecule has 3 atom stereocenters. The third-order valence-corrected chi connectivity index (χ3v) is 6.21. The minimum absolute atomic E-state index is 0.183. The average Bonchev–Trinajstić information content (AvgIpc) is 2.83. The maximum absolute atomic E-state index is 12.5. The van der Waals surface area contributed by atoms with Gasteiger partial charge in [-0.2, -0.15) is 0 Å². The van der Waals surface area contributed by atoms with Gasteiger partial charge in [-0.05, 0) is 73.8 Å². The number of cyclic esters (lactones) is 1. The number of ketones is 1. The topological polar surface area (TPSA) is 139 Å². The lowest BCUT2D eigenvalue weighted by atomic mass is 10.1. The molecule has 1 aliphatic rings. The van der Waals surface area contributed by atoms with E-state index in [2.05, 4.69) is 10.1 Å². The summed E-state index contributed by atoms with van der Waals surface area (Å²) in [6, 6.07) is 1.68. The number of carbonyl (C=O) groups is 4. The van der Waals surface area contributed by atoms with Crippen LogP contribution >= 0.6 is 67.8 Å². The molecular formula is C15H12I3NO8. The first kappa shape index (κ1) is 22.7. The van der Waals surface area contributed by atoms with E-state index in [4.69, 9.17) is 4.74 Å². The van der Waals surface area contributed by atoms with Gasteiger partial charge in [-0.1, -0.05) is 0 Å². The maximum Gasteiger partial charge on any atom is 0.343 e. The molecule has 9 nitrogen and oxygen atoms in total. The largest absolute Gasteiger partial charge is 0.459 e. The van der Waals surface area contributed by atoms with E-state index in [0.717, 1.165) is 3.57 Å². The predicted molar refractivity (Wildman–Crippen MR) is 116 cm³/mol. The Hall–Kier alpha value is -0.590. The summed E-state index contributed by atoms with van der Waals surface area (Å²) < 4.78 is 11.4. The van der Waals surface area contributed by atoms with Crippen LogP contribution in [-0.2, 0) is 23.9 Å². The number of anilines is 1. The zero-order valence-electron chi connectivity index (χ0n) is 13.5. The molecule has 0 radical (unpaired) electrons. The molecule has 0 saturated carbocycles. The Labute approximate surface area is 194 Å². The van der Waals surface area contributed by atoms with Gasteiger partial charge in [0.05, 0.1) is 14.8 Å². The van der Waals surface area contributed by atoms with Gasteiger partial charge in [0.25, 0.3) is 0 Å². The number of halogens is 3. The van der Waals surface area contributed by atoms with E-state index >= 15 is 0 Å². The number of amides is 1. The summed E-state index contributed by atoms with van der Waals surface area (Å²) in [5.41, 5.74) is 0.641. The summed E-state index contributed by atoms with van der Waals surface area (Å²) in [7, 11) is 0. The number of Topliss-reactive ketones (excluding diaryl/α,β-unsaturated/α-hetero) is 1. The van der Waals surface area contributed by atoms with E-state index in [0.29, 0.717) is 12.8 Å². The minimum atomic E-state index is -1.95. The second-order valence-corrected chi connectivity index (χ2v) is 8.82. The van der Waals surface area contributed by atoms with E-state index in [1.165, 1.54) is 6.92 Å². The zero-order chi connectivity index (χ0) is 20.5. The van der Waals surface area contributed by atoms with Crippen molar-refractivity contribution in [3.8, 4) is 0 Å². The first-order valence-corrected chi connectivity index (χ1v) is 10.5. The smallest absolute Gasteiger partial charge is 0.343 e. The van der Waals surface area contributed by atoms with Crippen LogP contribution in [0.1, 0.15) is 17.3 Å². The van der Waals surface area contributed by atoms with Crippen LogP contribution in [0.2, 0.25) is 0 Å². The number of nitrogens with one attached hydrogen (secondary N) is 1. The van der Waals surface area contributed by atoms with Gasteiger partial charge in [-0.25, -0.2) is 9.59 Å². The summed E-state index contributed by atoms with van der Waals surface area (Å²) in [5, 5.41) is 21.9. The fraction of sp³-hybridized carbons (Fsp3) is 0.333. The van der Waals surface area contributed by atoms with Crippen molar-refractivity contribution in [2.24, 2.45) is 0 Å². The number of benzene rings is 1. The van der Waals surface area contributed by atoms with Gasteiger partial charge >= 0.3 is 11.9 Å². The van der Waals surface area contributed by atoms with E-state index in [-0.39, 0.29) is 11.5 Å². The summed E-state index contributed by atoms with van der Waals surface area (Å²) in [6.45, 7) is 0.718. The average molecular weight is 715 g/mol. The molecule has 1 aliphatic heterocycles. The van der Waals surface area contributed by atoms with E-state index < -0.39 is 42.6 Å². The number of esters is 2. The number of aliphatic hydroxyl groups is 2. The normalized spacial score (nSPS) is 20.2. The summed E-state index contributed by atoms with van der Waals surface area (Å²) in [5.74, 6) is -3.24. The van der Waals surface area contributed by atoms with Crippen LogP contribution in [0, 0.1) is 10.7 Å². The second kappa shape index (κ2) is 9.27. The monoisotopic (exact) mass is 715 g/mol. The highest BCUT2D eigenvalue weighted by atomic mass is 127. The van der Waals surface area contributed by atoms with Gasteiger partial charge in [0.2, 0.25) is 17.8 Å². The van der Waals surface area contributed by atoms with Crippen LogP contribution in [-0.4, -0.2) is 58.8 Å². The molecule has 1 amide bonds. The number of aliphatic hydroxyl groups excluding tert-OH is 2. The van der Waals surface area contributed by atoms with Crippen molar-refractivity contribution in [3.63, 3.8) is 0 Å². The molecule has 3 unspecified atom stereocenters. The van der Waals surface area contributed by atoms with Crippen LogP contribution < -0.4 is 5.32 Å². The molecule has 1 aromatic rings. The second-order valence-electron chi connectivity index (χ2n) is 5.41. The van der Waals surface area contributed by atoms with Crippen molar-refractivity contribution in [2.45, 2.75) is 25.2 Å². The third-order valence-electron chi connectivity index (χ3n) is 3.43. The number of ether oxygens (including phenoxy) is 2. The minimum Gasteiger partial charge on any atom is -0.459 e. The van der Waals surface area contributed by atoms with Crippen LogP contribution in [0.4, 0.5) is 5.69 Å². The predicted octanol–water partition coefficient (Wildman–Crippen LogP) is 0.832. The first-order chi connectivity index (χ1) is 12.5. The molecule has 0 aromatic heterocycles. The maximum atomic E-state index is 12.5. The Morgan fingerprint density at radius 3 is 2.44 bits per heavy atom. The Bertz CT molecular complexity index is 828. The fourth-order valence-corrected chi connectivity index (χ4v) is 6.26. The van der Waals surface area contributed by atoms with Gasteiger partial charge < -0.3 is 25.0 Å². The molecule has 27 heavy (non-hydrogen) atoms. The van der Waals surface area contributed by atoms with Gasteiger partial charge in [-0.15, -0.1) is 0 Å². The molecule has 1 heterocycles. The molecule has 0 spiro atoms. The summed E-state index contributed by atoms with van der Waals surface area (Å²) >= 11 is 5.86. The number of hydrogen-bond acceptors (Lipinski definition) is 8. The highest BCUT2D eigenvalue weighted by Gasteiger charge is 2.46. The SMILES string of the molecule is CC(=O)Nc1c(I)cc(I)c(C(=O)OCC(O)C2OC(=O)C(O)C2=O)c1I. The first-order valence-electron chi connectivity index (χ1n) is 7.27. The number of carbonyl (C=O) groups excluding carboxylic acids is 4. The van der Waals surface area contributed by atoms with Crippen molar-refractivity contribution in [2.75, 3.05) is 11.9 Å². The molecule has 146 valence electrons. The number of rotatable bonds is 5. The van der Waals surface area contributed by atoms with Crippen molar-refractivity contribution in [1.29, 1.82) is 0 Å². The standard InChI is InChI=1S/C15H12I3NO8/c1-4(20)19-10-6(17)2-5(16)8(9(10)18)14(24)26-3-7(21)13-11(22)12(23)15(25)27-13/h2,7,12-13,21,23H,3H2,1H3,(H,19,20). The highest BCUT2D eigenvalue weighted by Crippen LogP contribution is 2.32. The van der Waals surface area contributed by atoms with Gasteiger partial charge in [0, 0.05) is 14.1 Å². The van der Waals surface area contributed by atoms with Crippen molar-refractivity contribution in [1.82, 2.24) is 0 Å². The molecule has 0 aliphatic carbocycles. The van der Waals surface area contributed by atoms with Crippen LogP contribution in [0.3, 0.4) is 0 Å². The lowest BCUT2D eigenvalue weighted by Crippen LogP contribution is -2.38. The van der Waals surface area contributed by atoms with Crippen LogP contribution in [0.5, 0.6) is 0 Å². The quantitative estimate of drug-likeness (QED) is 0.232. The Morgan fingerprint density at radius 2 is 1.93 bits per heavy atom. The lowest BCUT2D eigenvalue weighted by Gasteiger charge is -2.17. The Kier molecular flexibility index (Phi) is 7.79. The van der Waals surface area contributed by atoms with Crippen molar-refractivity contribution < 1.29 is 38.9 Å². The molecule has 0 bridgehead atoms. The van der Waals surface area contributed by atoms with Gasteiger partial charge in [0.15, 0.2) is 6.10 Å². The zero-order valence-corrected chi connectivity index (χ0v) is 20.0. The Morgan fingerprint density at radius 1 is 1.30 bits per heavy atom. The molecule has 12 heteroatoms. The fourth-order valence-electron chi connectivity index (χ4n) is 2.18. The summed E-state index contributed by atoms with van der Waals surface area (Å²) in [6.07, 6.45) is -5.15. The molecular weight excluding hydrogens is 703 g/mol. The lowest BCUT2D eigenvalue weighted by molar-refractivity contribution is -0.151. The third kappa shape index (κ3) is 5.07. The molecule has 1 fully saturated rings. The van der Waals surface area contributed by atoms with E-state index in [9.17, 15) is 29.4 Å². The van der Waals surface area contributed by atoms with E-state index in [1.807, 2.05) is 67.8 Å². The molecule has 1 saturated heterocycles. The van der Waals surface area contributed by atoms with Crippen molar-refractivity contribution in [3.05, 3.63) is 22.3 Å².